The van der Waals surface area contributed by atoms with E-state index in [4.69, 9.17) is 48.8 Å². The van der Waals surface area contributed by atoms with Crippen molar-refractivity contribution in [3.05, 3.63) is 68.4 Å². The van der Waals surface area contributed by atoms with Gasteiger partial charge >= 0.3 is 5.97 Å². The molecule has 230 valence electrons. The van der Waals surface area contributed by atoms with Crippen LogP contribution >= 0.6 is 34.8 Å². The molecule has 2 aliphatic rings. The Bertz CT molecular complexity index is 1470. The summed E-state index contributed by atoms with van der Waals surface area (Å²) in [7, 11) is 1.31. The van der Waals surface area contributed by atoms with Crippen LogP contribution in [0.4, 0.5) is 5.69 Å². The molecule has 0 aliphatic heterocycles. The molecule has 2 aliphatic carbocycles. The summed E-state index contributed by atoms with van der Waals surface area (Å²) >= 11 is 19.4. The number of rotatable bonds is 11. The van der Waals surface area contributed by atoms with Crippen molar-refractivity contribution >= 4 is 52.4 Å². The number of anilines is 1. The fraction of sp³-hybridized carbons (Fsp3) is 0.485. The van der Waals surface area contributed by atoms with Crippen LogP contribution in [0.5, 0.6) is 0 Å². The molecular formula is C33H37Cl3N2O5. The standard InChI is InChI=1S/C33H37Cl3N2O5/c1-4-12-33(15-13-32(2,14-16-33)31(40)37-26-11-10-21(17-25(26)36)30(39)41-3)19-42-18-22-28(38-43-29(22)20-8-9-20)27-23(34)6-5-7-24(27)35/h5-7,10-11,17,20H,4,8-9,12-16,18-19H2,1-3H3,(H,37,40). The van der Waals surface area contributed by atoms with Crippen LogP contribution in [-0.2, 0) is 20.9 Å². The Balaban J connectivity index is 1.25. The van der Waals surface area contributed by atoms with E-state index in [-0.39, 0.29) is 11.3 Å². The van der Waals surface area contributed by atoms with E-state index in [0.29, 0.717) is 56.7 Å². The van der Waals surface area contributed by atoms with E-state index in [1.54, 1.807) is 24.3 Å². The van der Waals surface area contributed by atoms with Crippen molar-refractivity contribution in [2.75, 3.05) is 19.0 Å². The maximum absolute atomic E-state index is 13.5. The molecule has 1 heterocycles. The molecule has 1 aromatic heterocycles. The first-order valence-electron chi connectivity index (χ1n) is 14.8. The van der Waals surface area contributed by atoms with Gasteiger partial charge < -0.3 is 19.3 Å². The summed E-state index contributed by atoms with van der Waals surface area (Å²) in [6, 6.07) is 10.2. The van der Waals surface area contributed by atoms with Crippen LogP contribution in [0.2, 0.25) is 15.1 Å². The van der Waals surface area contributed by atoms with Crippen molar-refractivity contribution < 1.29 is 23.6 Å². The zero-order valence-electron chi connectivity index (χ0n) is 24.7. The van der Waals surface area contributed by atoms with Gasteiger partial charge in [-0.1, -0.05) is 66.3 Å². The van der Waals surface area contributed by atoms with E-state index < -0.39 is 11.4 Å². The fourth-order valence-electron chi connectivity index (χ4n) is 6.11. The monoisotopic (exact) mass is 646 g/mol. The molecule has 2 saturated carbocycles. The Morgan fingerprint density at radius 1 is 1.05 bits per heavy atom. The lowest BCUT2D eigenvalue weighted by Gasteiger charge is -2.44. The Labute approximate surface area is 267 Å². The van der Waals surface area contributed by atoms with Crippen LogP contribution < -0.4 is 5.32 Å². The van der Waals surface area contributed by atoms with Gasteiger partial charge in [0.1, 0.15) is 11.5 Å². The number of amides is 1. The van der Waals surface area contributed by atoms with Crippen LogP contribution in [0.1, 0.15) is 92.8 Å². The minimum atomic E-state index is -0.552. The van der Waals surface area contributed by atoms with E-state index in [1.165, 1.54) is 13.2 Å². The molecule has 2 fully saturated rings. The smallest absolute Gasteiger partial charge is 0.337 e. The summed E-state index contributed by atoms with van der Waals surface area (Å²) in [5.41, 5.74) is 2.45. The third-order valence-electron chi connectivity index (χ3n) is 9.00. The summed E-state index contributed by atoms with van der Waals surface area (Å²) in [6.45, 7) is 5.12. The predicted octanol–water partition coefficient (Wildman–Crippen LogP) is 9.49. The molecule has 1 N–H and O–H groups in total. The van der Waals surface area contributed by atoms with Gasteiger partial charge in [0, 0.05) is 22.5 Å². The van der Waals surface area contributed by atoms with Crippen LogP contribution in [-0.4, -0.2) is 30.7 Å². The number of nitrogens with one attached hydrogen (secondary N) is 1. The highest BCUT2D eigenvalue weighted by molar-refractivity contribution is 6.39. The third kappa shape index (κ3) is 6.90. The average molecular weight is 648 g/mol. The van der Waals surface area contributed by atoms with Gasteiger partial charge in [0.25, 0.3) is 0 Å². The SMILES string of the molecule is CCCC1(COCc2c(-c3c(Cl)cccc3Cl)noc2C2CC2)CCC(C)(C(=O)Nc2ccc(C(=O)OC)cc2Cl)CC1. The highest BCUT2D eigenvalue weighted by atomic mass is 35.5. The predicted molar refractivity (Wildman–Crippen MR) is 169 cm³/mol. The Morgan fingerprint density at radius 2 is 1.74 bits per heavy atom. The van der Waals surface area contributed by atoms with Gasteiger partial charge in [-0.05, 0) is 80.7 Å². The third-order valence-corrected chi connectivity index (χ3v) is 9.94. The molecule has 43 heavy (non-hydrogen) atoms. The second-order valence-corrected chi connectivity index (χ2v) is 13.4. The van der Waals surface area contributed by atoms with Gasteiger partial charge in [-0.15, -0.1) is 0 Å². The average Bonchev–Trinajstić information content (AvgIpc) is 3.76. The molecule has 2 aromatic carbocycles. The van der Waals surface area contributed by atoms with Gasteiger partial charge in [-0.2, -0.15) is 0 Å². The zero-order chi connectivity index (χ0) is 30.8. The molecule has 3 aromatic rings. The Hall–Kier alpha value is -2.58. The highest BCUT2D eigenvalue weighted by Crippen LogP contribution is 2.50. The summed E-state index contributed by atoms with van der Waals surface area (Å²) in [6.07, 6.45) is 7.34. The van der Waals surface area contributed by atoms with Crippen molar-refractivity contribution in [3.63, 3.8) is 0 Å². The van der Waals surface area contributed by atoms with Gasteiger partial charge in [-0.3, -0.25) is 4.79 Å². The number of hydrogen-bond acceptors (Lipinski definition) is 6. The first-order chi connectivity index (χ1) is 20.6. The molecule has 0 saturated heterocycles. The first kappa shape index (κ1) is 31.8. The number of aromatic nitrogens is 1. The molecule has 0 unspecified atom stereocenters. The molecule has 0 bridgehead atoms. The van der Waals surface area contributed by atoms with Gasteiger partial charge in [0.2, 0.25) is 5.91 Å². The summed E-state index contributed by atoms with van der Waals surface area (Å²) in [5, 5.41) is 8.71. The maximum atomic E-state index is 13.5. The second-order valence-electron chi connectivity index (χ2n) is 12.2. The molecular weight excluding hydrogens is 611 g/mol. The van der Waals surface area contributed by atoms with Gasteiger partial charge in [-0.25, -0.2) is 4.79 Å². The van der Waals surface area contributed by atoms with Crippen molar-refractivity contribution in [2.45, 2.75) is 77.7 Å². The Kier molecular flexibility index (Phi) is 9.76. The lowest BCUT2D eigenvalue weighted by Crippen LogP contribution is -2.42. The van der Waals surface area contributed by atoms with E-state index in [9.17, 15) is 9.59 Å². The molecule has 0 radical (unpaired) electrons. The number of nitrogens with zero attached hydrogens (tertiary/aromatic N) is 1. The number of halogens is 3. The topological polar surface area (TPSA) is 90.7 Å². The summed E-state index contributed by atoms with van der Waals surface area (Å²) in [4.78, 5) is 25.3. The van der Waals surface area contributed by atoms with Crippen molar-refractivity contribution in [2.24, 2.45) is 10.8 Å². The van der Waals surface area contributed by atoms with Gasteiger partial charge in [0.15, 0.2) is 0 Å². The number of esters is 1. The molecule has 0 spiro atoms. The summed E-state index contributed by atoms with van der Waals surface area (Å²) in [5.74, 6) is 0.655. The normalized spacial score (nSPS) is 21.9. The minimum Gasteiger partial charge on any atom is -0.465 e. The Morgan fingerprint density at radius 3 is 2.35 bits per heavy atom. The molecule has 0 atom stereocenters. The van der Waals surface area contributed by atoms with Crippen LogP contribution in [0.15, 0.2) is 40.9 Å². The first-order valence-corrected chi connectivity index (χ1v) is 15.9. The van der Waals surface area contributed by atoms with Crippen LogP contribution in [0, 0.1) is 10.8 Å². The van der Waals surface area contributed by atoms with Crippen LogP contribution in [0.3, 0.4) is 0 Å². The van der Waals surface area contributed by atoms with Gasteiger partial charge in [0.05, 0.1) is 46.6 Å². The molecule has 5 rings (SSSR count). The van der Waals surface area contributed by atoms with E-state index in [0.717, 1.165) is 62.7 Å². The number of benzene rings is 2. The highest BCUT2D eigenvalue weighted by Gasteiger charge is 2.44. The molecule has 7 nitrogen and oxygen atoms in total. The number of ether oxygens (including phenoxy) is 2. The van der Waals surface area contributed by atoms with Crippen LogP contribution in [0.25, 0.3) is 11.3 Å². The fourth-order valence-corrected chi connectivity index (χ4v) is 6.91. The minimum absolute atomic E-state index is 0.0343. The largest absolute Gasteiger partial charge is 0.465 e. The lowest BCUT2D eigenvalue weighted by atomic mass is 9.62. The molecule has 10 heteroatoms. The maximum Gasteiger partial charge on any atom is 0.337 e. The number of carbonyl (C=O) groups excluding carboxylic acids is 2. The lowest BCUT2D eigenvalue weighted by molar-refractivity contribution is -0.129. The van der Waals surface area contributed by atoms with E-state index >= 15 is 0 Å². The zero-order valence-corrected chi connectivity index (χ0v) is 27.0. The summed E-state index contributed by atoms with van der Waals surface area (Å²) < 4.78 is 17.0. The van der Waals surface area contributed by atoms with E-state index in [2.05, 4.69) is 17.4 Å². The quantitative estimate of drug-likeness (QED) is 0.209. The van der Waals surface area contributed by atoms with E-state index in [1.807, 2.05) is 13.0 Å². The number of hydrogen-bond donors (Lipinski definition) is 1. The second kappa shape index (κ2) is 13.2. The molecule has 1 amide bonds. The van der Waals surface area contributed by atoms with Crippen molar-refractivity contribution in [1.29, 1.82) is 0 Å². The van der Waals surface area contributed by atoms with Crippen molar-refractivity contribution in [3.8, 4) is 11.3 Å². The number of carbonyl (C=O) groups is 2. The number of methoxy groups -OCH3 is 1. The van der Waals surface area contributed by atoms with Crippen molar-refractivity contribution in [1.82, 2.24) is 5.16 Å².